The number of rotatable bonds is 10. The molecule has 1 heterocycles. The van der Waals surface area contributed by atoms with E-state index in [1.165, 1.54) is 35.5 Å². The first kappa shape index (κ1) is 26.2. The standard InChI is InChI=1S/C24H24F2N6O4S/c1-30(14-33)8-9-31-13-27-29-24(31)37-21-7-6-17(32(35)36)12-18(21)23(34)28-22-19(25)10-16(11-20(22)26)15-4-2-3-5-15/h6-7,10-15H,2-5,8-9H2,1H3,(H,28,34). The van der Waals surface area contributed by atoms with Crippen molar-refractivity contribution in [2.75, 3.05) is 18.9 Å². The van der Waals surface area contributed by atoms with Crippen LogP contribution in [-0.2, 0) is 11.3 Å². The fourth-order valence-electron chi connectivity index (χ4n) is 4.18. The van der Waals surface area contributed by atoms with E-state index in [4.69, 9.17) is 0 Å². The van der Waals surface area contributed by atoms with Crippen molar-refractivity contribution in [2.45, 2.75) is 48.2 Å². The lowest BCUT2D eigenvalue weighted by atomic mass is 9.97. The molecule has 4 rings (SSSR count). The van der Waals surface area contributed by atoms with Crippen molar-refractivity contribution in [1.29, 1.82) is 0 Å². The van der Waals surface area contributed by atoms with Gasteiger partial charge in [-0.2, -0.15) is 0 Å². The second kappa shape index (κ2) is 11.5. The molecule has 1 fully saturated rings. The average Bonchev–Trinajstić information content (AvgIpc) is 3.57. The minimum absolute atomic E-state index is 0.0807. The number of benzene rings is 2. The van der Waals surface area contributed by atoms with Crippen LogP contribution in [0.5, 0.6) is 0 Å². The van der Waals surface area contributed by atoms with Crippen molar-refractivity contribution in [1.82, 2.24) is 19.7 Å². The Morgan fingerprint density at radius 2 is 1.97 bits per heavy atom. The number of hydrogen-bond acceptors (Lipinski definition) is 7. The maximum Gasteiger partial charge on any atom is 0.270 e. The highest BCUT2D eigenvalue weighted by atomic mass is 32.2. The Labute approximate surface area is 215 Å². The SMILES string of the molecule is CN(C=O)CCn1cnnc1Sc1ccc([N+](=O)[O-])cc1C(=O)Nc1c(F)cc(C2CCCC2)cc1F. The number of nitrogens with one attached hydrogen (secondary N) is 1. The van der Waals surface area contributed by atoms with E-state index in [0.717, 1.165) is 43.5 Å². The molecule has 10 nitrogen and oxygen atoms in total. The predicted molar refractivity (Wildman–Crippen MR) is 131 cm³/mol. The fraction of sp³-hybridized carbons (Fsp3) is 0.333. The first-order valence-electron chi connectivity index (χ1n) is 11.6. The lowest BCUT2D eigenvalue weighted by Crippen LogP contribution is -2.21. The molecular formula is C24H24F2N6O4S. The minimum Gasteiger partial charge on any atom is -0.347 e. The highest BCUT2D eigenvalue weighted by Crippen LogP contribution is 2.37. The third-order valence-electron chi connectivity index (χ3n) is 6.20. The number of nitro benzene ring substituents is 1. The number of nitro groups is 1. The predicted octanol–water partition coefficient (Wildman–Crippen LogP) is 4.61. The molecule has 2 amide bonds. The van der Waals surface area contributed by atoms with Crippen LogP contribution in [0.25, 0.3) is 0 Å². The van der Waals surface area contributed by atoms with Crippen molar-refractivity contribution in [2.24, 2.45) is 0 Å². The molecule has 0 aliphatic heterocycles. The van der Waals surface area contributed by atoms with Gasteiger partial charge in [0.25, 0.3) is 11.6 Å². The van der Waals surface area contributed by atoms with Gasteiger partial charge >= 0.3 is 0 Å². The van der Waals surface area contributed by atoms with Crippen molar-refractivity contribution < 1.29 is 23.3 Å². The Morgan fingerprint density at radius 1 is 1.27 bits per heavy atom. The topological polar surface area (TPSA) is 123 Å². The van der Waals surface area contributed by atoms with Crippen LogP contribution in [0.2, 0.25) is 0 Å². The molecule has 0 bridgehead atoms. The summed E-state index contributed by atoms with van der Waals surface area (Å²) in [5.74, 6) is -2.65. The van der Waals surface area contributed by atoms with Gasteiger partial charge in [-0.3, -0.25) is 19.7 Å². The monoisotopic (exact) mass is 530 g/mol. The van der Waals surface area contributed by atoms with E-state index in [1.807, 2.05) is 0 Å². The summed E-state index contributed by atoms with van der Waals surface area (Å²) in [6, 6.07) is 6.09. The van der Waals surface area contributed by atoms with Crippen LogP contribution >= 0.6 is 11.8 Å². The number of carbonyl (C=O) groups excluding carboxylic acids is 2. The Morgan fingerprint density at radius 3 is 2.62 bits per heavy atom. The van der Waals surface area contributed by atoms with Crippen molar-refractivity contribution >= 4 is 35.5 Å². The lowest BCUT2D eigenvalue weighted by Gasteiger charge is -2.15. The lowest BCUT2D eigenvalue weighted by molar-refractivity contribution is -0.384. The summed E-state index contributed by atoms with van der Waals surface area (Å²) in [7, 11) is 1.61. The van der Waals surface area contributed by atoms with Gasteiger partial charge in [-0.05, 0) is 54.3 Å². The van der Waals surface area contributed by atoms with Crippen molar-refractivity contribution in [3.05, 3.63) is 69.5 Å². The number of halogens is 2. The van der Waals surface area contributed by atoms with Crippen LogP contribution in [0.4, 0.5) is 20.2 Å². The van der Waals surface area contributed by atoms with Gasteiger partial charge in [-0.25, -0.2) is 8.78 Å². The summed E-state index contributed by atoms with van der Waals surface area (Å²) < 4.78 is 31.4. The third-order valence-corrected chi connectivity index (χ3v) is 7.28. The molecule has 194 valence electrons. The second-order valence-electron chi connectivity index (χ2n) is 8.73. The van der Waals surface area contributed by atoms with E-state index in [1.54, 1.807) is 11.6 Å². The largest absolute Gasteiger partial charge is 0.347 e. The highest BCUT2D eigenvalue weighted by molar-refractivity contribution is 7.99. The van der Waals surface area contributed by atoms with E-state index in [9.17, 15) is 28.5 Å². The van der Waals surface area contributed by atoms with Gasteiger partial charge in [0.15, 0.2) is 5.16 Å². The first-order valence-corrected chi connectivity index (χ1v) is 12.4. The number of aromatic nitrogens is 3. The summed E-state index contributed by atoms with van der Waals surface area (Å²) in [5, 5.41) is 21.8. The normalized spacial score (nSPS) is 13.5. The number of likely N-dealkylation sites (N-methyl/N-ethyl adjacent to an activating group) is 1. The molecule has 13 heteroatoms. The minimum atomic E-state index is -0.913. The Kier molecular flexibility index (Phi) is 8.11. The van der Waals surface area contributed by atoms with Gasteiger partial charge in [-0.15, -0.1) is 10.2 Å². The van der Waals surface area contributed by atoms with Gasteiger partial charge in [0.05, 0.1) is 10.5 Å². The van der Waals surface area contributed by atoms with E-state index in [0.29, 0.717) is 30.2 Å². The number of amides is 2. The Balaban J connectivity index is 1.61. The van der Waals surface area contributed by atoms with Crippen LogP contribution in [-0.4, -0.2) is 50.5 Å². The average molecular weight is 531 g/mol. The molecule has 1 saturated carbocycles. The van der Waals surface area contributed by atoms with E-state index >= 15 is 0 Å². The maximum atomic E-state index is 14.9. The number of carbonyl (C=O) groups is 2. The molecule has 0 radical (unpaired) electrons. The van der Waals surface area contributed by atoms with Gasteiger partial charge in [0, 0.05) is 37.2 Å². The van der Waals surface area contributed by atoms with E-state index < -0.39 is 28.2 Å². The summed E-state index contributed by atoms with van der Waals surface area (Å²) in [6.07, 6.45) is 5.84. The first-order chi connectivity index (χ1) is 17.8. The third kappa shape index (κ3) is 6.10. The molecule has 1 aliphatic rings. The summed E-state index contributed by atoms with van der Waals surface area (Å²) in [4.78, 5) is 36.4. The number of nitrogens with zero attached hydrogens (tertiary/aromatic N) is 5. The zero-order chi connectivity index (χ0) is 26.5. The Hall–Kier alpha value is -3.87. The molecule has 0 unspecified atom stereocenters. The second-order valence-corrected chi connectivity index (χ2v) is 9.74. The molecule has 1 N–H and O–H groups in total. The molecule has 3 aromatic rings. The van der Waals surface area contributed by atoms with Crippen molar-refractivity contribution in [3.63, 3.8) is 0 Å². The number of anilines is 1. The van der Waals surface area contributed by atoms with Crippen molar-refractivity contribution in [3.8, 4) is 0 Å². The molecule has 2 aromatic carbocycles. The quantitative estimate of drug-likeness (QED) is 0.231. The molecule has 0 saturated heterocycles. The van der Waals surface area contributed by atoms with Gasteiger partial charge in [-0.1, -0.05) is 12.8 Å². The summed E-state index contributed by atoms with van der Waals surface area (Å²) in [6.45, 7) is 0.737. The fourth-order valence-corrected chi connectivity index (χ4v) is 5.12. The van der Waals surface area contributed by atoms with Gasteiger partial charge in [0.2, 0.25) is 6.41 Å². The number of non-ortho nitro benzene ring substituents is 1. The molecule has 0 spiro atoms. The van der Waals surface area contributed by atoms with Crippen LogP contribution in [0.1, 0.15) is 47.5 Å². The molecule has 1 aliphatic carbocycles. The molecular weight excluding hydrogens is 506 g/mol. The van der Waals surface area contributed by atoms with Crippen LogP contribution in [0.3, 0.4) is 0 Å². The summed E-state index contributed by atoms with van der Waals surface area (Å²) >= 11 is 1.01. The van der Waals surface area contributed by atoms with E-state index in [2.05, 4.69) is 15.5 Å². The summed E-state index contributed by atoms with van der Waals surface area (Å²) in [5.41, 5.74) is -0.579. The smallest absolute Gasteiger partial charge is 0.270 e. The maximum absolute atomic E-state index is 14.9. The highest BCUT2D eigenvalue weighted by Gasteiger charge is 2.24. The zero-order valence-electron chi connectivity index (χ0n) is 19.9. The van der Waals surface area contributed by atoms with Gasteiger partial charge in [0.1, 0.15) is 23.6 Å². The molecule has 1 aromatic heterocycles. The zero-order valence-corrected chi connectivity index (χ0v) is 20.7. The van der Waals surface area contributed by atoms with Crippen LogP contribution < -0.4 is 5.32 Å². The number of hydrogen-bond donors (Lipinski definition) is 1. The molecule has 0 atom stereocenters. The Bertz CT molecular complexity index is 1310. The van der Waals surface area contributed by atoms with Crippen LogP contribution in [0, 0.1) is 21.7 Å². The van der Waals surface area contributed by atoms with Gasteiger partial charge < -0.3 is 14.8 Å². The van der Waals surface area contributed by atoms with Crippen LogP contribution in [0.15, 0.2) is 46.7 Å². The van der Waals surface area contributed by atoms with E-state index in [-0.39, 0.29) is 22.1 Å². The molecule has 37 heavy (non-hydrogen) atoms.